The Bertz CT molecular complexity index is 437. The Hall–Kier alpha value is -0.850. The van der Waals surface area contributed by atoms with E-state index in [1.54, 1.807) is 23.7 Å². The largest absolute Gasteiger partial charge is 0.468 e. The number of furan rings is 1. The number of nitrogens with zero attached hydrogens (tertiary/aromatic N) is 1. The highest BCUT2D eigenvalue weighted by Gasteiger charge is 2.37. The van der Waals surface area contributed by atoms with Crippen LogP contribution in [0.1, 0.15) is 18.6 Å². The third-order valence-electron chi connectivity index (χ3n) is 2.81. The Morgan fingerprint density at radius 3 is 2.82 bits per heavy atom. The lowest BCUT2D eigenvalue weighted by Gasteiger charge is -2.20. The molecule has 1 aromatic heterocycles. The molecule has 0 spiro atoms. The second kappa shape index (κ2) is 5.20. The molecule has 5 nitrogen and oxygen atoms in total. The lowest BCUT2D eigenvalue weighted by atomic mass is 10.4. The summed E-state index contributed by atoms with van der Waals surface area (Å²) >= 11 is 0. The highest BCUT2D eigenvalue weighted by molar-refractivity contribution is 7.89. The molecule has 0 unspecified atom stereocenters. The van der Waals surface area contributed by atoms with Gasteiger partial charge in [-0.3, -0.25) is 0 Å². The van der Waals surface area contributed by atoms with Gasteiger partial charge in [-0.25, -0.2) is 8.42 Å². The van der Waals surface area contributed by atoms with Crippen molar-refractivity contribution in [3.8, 4) is 0 Å². The van der Waals surface area contributed by atoms with Gasteiger partial charge in [-0.15, -0.1) is 0 Å². The number of hydrogen-bond donors (Lipinski definition) is 1. The van der Waals surface area contributed by atoms with Crippen molar-refractivity contribution in [3.05, 3.63) is 24.2 Å². The first-order valence-corrected chi connectivity index (χ1v) is 7.41. The van der Waals surface area contributed by atoms with E-state index in [4.69, 9.17) is 4.42 Å². The Balaban J connectivity index is 2.06. The van der Waals surface area contributed by atoms with Crippen LogP contribution < -0.4 is 5.32 Å². The van der Waals surface area contributed by atoms with E-state index in [1.807, 2.05) is 6.07 Å². The van der Waals surface area contributed by atoms with Crippen molar-refractivity contribution in [2.24, 2.45) is 0 Å². The Labute approximate surface area is 102 Å². The van der Waals surface area contributed by atoms with E-state index in [2.05, 4.69) is 5.32 Å². The third-order valence-corrected chi connectivity index (χ3v) is 4.68. The fourth-order valence-corrected chi connectivity index (χ4v) is 3.41. The summed E-state index contributed by atoms with van der Waals surface area (Å²) in [5, 5.41) is 2.87. The Morgan fingerprint density at radius 2 is 2.29 bits per heavy atom. The van der Waals surface area contributed by atoms with Crippen molar-refractivity contribution in [1.29, 1.82) is 0 Å². The number of hydrogen-bond acceptors (Lipinski definition) is 4. The smallest absolute Gasteiger partial charge is 0.216 e. The van der Waals surface area contributed by atoms with Crippen molar-refractivity contribution in [1.82, 2.24) is 9.62 Å². The van der Waals surface area contributed by atoms with Gasteiger partial charge in [0.15, 0.2) is 0 Å². The molecule has 0 radical (unpaired) electrons. The van der Waals surface area contributed by atoms with Crippen molar-refractivity contribution in [2.45, 2.75) is 25.4 Å². The SMILES string of the molecule is CNCCS(=O)(=O)N(Cc1ccco1)C1CC1. The van der Waals surface area contributed by atoms with Gasteiger partial charge in [0.25, 0.3) is 0 Å². The molecule has 0 aromatic carbocycles. The predicted octanol–water partition coefficient (Wildman–Crippen LogP) is 0.793. The predicted molar refractivity (Wildman–Crippen MR) is 65.0 cm³/mol. The molecule has 2 rings (SSSR count). The topological polar surface area (TPSA) is 62.6 Å². The number of nitrogens with one attached hydrogen (secondary N) is 1. The van der Waals surface area contributed by atoms with Gasteiger partial charge in [0, 0.05) is 12.6 Å². The second-order valence-electron chi connectivity index (χ2n) is 4.28. The average Bonchev–Trinajstić information content (AvgIpc) is 3.00. The molecule has 1 aromatic rings. The molecule has 1 aliphatic carbocycles. The van der Waals surface area contributed by atoms with Gasteiger partial charge < -0.3 is 9.73 Å². The minimum absolute atomic E-state index is 0.140. The monoisotopic (exact) mass is 258 g/mol. The number of rotatable bonds is 7. The van der Waals surface area contributed by atoms with Crippen molar-refractivity contribution in [2.75, 3.05) is 19.3 Å². The second-order valence-corrected chi connectivity index (χ2v) is 6.32. The van der Waals surface area contributed by atoms with Crippen molar-refractivity contribution >= 4 is 10.0 Å². The molecule has 17 heavy (non-hydrogen) atoms. The summed E-state index contributed by atoms with van der Waals surface area (Å²) in [4.78, 5) is 0. The van der Waals surface area contributed by atoms with E-state index in [0.717, 1.165) is 12.8 Å². The zero-order chi connectivity index (χ0) is 12.3. The van der Waals surface area contributed by atoms with Crippen molar-refractivity contribution < 1.29 is 12.8 Å². The maximum absolute atomic E-state index is 12.1. The van der Waals surface area contributed by atoms with E-state index in [9.17, 15) is 8.42 Å². The van der Waals surface area contributed by atoms with Crippen LogP contribution in [0.2, 0.25) is 0 Å². The molecule has 1 N–H and O–H groups in total. The quantitative estimate of drug-likeness (QED) is 0.785. The summed E-state index contributed by atoms with van der Waals surface area (Å²) in [6.45, 7) is 0.827. The van der Waals surface area contributed by atoms with Crippen LogP contribution in [0, 0.1) is 0 Å². The average molecular weight is 258 g/mol. The Morgan fingerprint density at radius 1 is 1.53 bits per heavy atom. The van der Waals surface area contributed by atoms with Gasteiger partial charge in [0.05, 0.1) is 18.6 Å². The highest BCUT2D eigenvalue weighted by atomic mass is 32.2. The van der Waals surface area contributed by atoms with Gasteiger partial charge in [-0.05, 0) is 32.0 Å². The molecule has 1 saturated carbocycles. The molecule has 6 heteroatoms. The van der Waals surface area contributed by atoms with Gasteiger partial charge in [0.2, 0.25) is 10.0 Å². The maximum atomic E-state index is 12.1. The summed E-state index contributed by atoms with van der Waals surface area (Å²) in [5.74, 6) is 0.839. The van der Waals surface area contributed by atoms with Gasteiger partial charge in [-0.2, -0.15) is 4.31 Å². The normalized spacial score (nSPS) is 16.6. The molecule has 96 valence electrons. The van der Waals surface area contributed by atoms with Crippen LogP contribution in [-0.2, 0) is 16.6 Å². The lowest BCUT2D eigenvalue weighted by molar-refractivity contribution is 0.356. The highest BCUT2D eigenvalue weighted by Crippen LogP contribution is 2.31. The van der Waals surface area contributed by atoms with Gasteiger partial charge >= 0.3 is 0 Å². The molecule has 1 heterocycles. The fourth-order valence-electron chi connectivity index (χ4n) is 1.72. The van der Waals surface area contributed by atoms with Gasteiger partial charge in [-0.1, -0.05) is 0 Å². The van der Waals surface area contributed by atoms with Crippen LogP contribution in [0.4, 0.5) is 0 Å². The van der Waals surface area contributed by atoms with Crippen LogP contribution in [0.15, 0.2) is 22.8 Å². The summed E-state index contributed by atoms with van der Waals surface area (Å²) in [5.41, 5.74) is 0. The van der Waals surface area contributed by atoms with Crippen LogP contribution >= 0.6 is 0 Å². The molecule has 0 bridgehead atoms. The van der Waals surface area contributed by atoms with Crippen LogP contribution in [0.25, 0.3) is 0 Å². The van der Waals surface area contributed by atoms with Crippen molar-refractivity contribution in [3.63, 3.8) is 0 Å². The minimum atomic E-state index is -3.19. The van der Waals surface area contributed by atoms with E-state index in [0.29, 0.717) is 18.8 Å². The molecular weight excluding hydrogens is 240 g/mol. The molecule has 0 amide bonds. The first-order chi connectivity index (χ1) is 8.13. The zero-order valence-electron chi connectivity index (χ0n) is 9.93. The molecule has 0 atom stereocenters. The first-order valence-electron chi connectivity index (χ1n) is 5.80. The molecule has 1 aliphatic rings. The molecule has 0 aliphatic heterocycles. The fraction of sp³-hybridized carbons (Fsp3) is 0.636. The molecule has 0 saturated heterocycles. The summed E-state index contributed by atoms with van der Waals surface area (Å²) in [7, 11) is -1.43. The number of sulfonamides is 1. The van der Waals surface area contributed by atoms with E-state index in [1.165, 1.54) is 0 Å². The Kier molecular flexibility index (Phi) is 3.86. The zero-order valence-corrected chi connectivity index (χ0v) is 10.7. The standard InChI is InChI=1S/C11H18N2O3S/c1-12-6-8-17(14,15)13(10-4-5-10)9-11-3-2-7-16-11/h2-3,7,10,12H,4-6,8-9H2,1H3. The van der Waals surface area contributed by atoms with Crippen LogP contribution in [0.5, 0.6) is 0 Å². The molecule has 1 fully saturated rings. The van der Waals surface area contributed by atoms with Crippen LogP contribution in [0.3, 0.4) is 0 Å². The van der Waals surface area contributed by atoms with E-state index < -0.39 is 10.0 Å². The lowest BCUT2D eigenvalue weighted by Crippen LogP contribution is -2.36. The first kappa shape index (κ1) is 12.6. The maximum Gasteiger partial charge on any atom is 0.216 e. The summed E-state index contributed by atoms with van der Waals surface area (Å²) in [6, 6.07) is 3.76. The van der Waals surface area contributed by atoms with Crippen LogP contribution in [-0.4, -0.2) is 38.1 Å². The summed E-state index contributed by atoms with van der Waals surface area (Å²) in [6.07, 6.45) is 3.49. The van der Waals surface area contributed by atoms with Gasteiger partial charge in [0.1, 0.15) is 5.76 Å². The van der Waals surface area contributed by atoms with E-state index >= 15 is 0 Å². The minimum Gasteiger partial charge on any atom is -0.468 e. The third kappa shape index (κ3) is 3.31. The summed E-state index contributed by atoms with van der Waals surface area (Å²) < 4.78 is 31.1. The molecular formula is C11H18N2O3S. The van der Waals surface area contributed by atoms with E-state index in [-0.39, 0.29) is 11.8 Å².